The molecule has 0 aliphatic carbocycles. The number of carbonyl (C=O) groups is 1. The maximum absolute atomic E-state index is 12.2. The van der Waals surface area contributed by atoms with Gasteiger partial charge in [0.15, 0.2) is 0 Å². The molecular formula is C12H21N5O. The van der Waals surface area contributed by atoms with Gasteiger partial charge in [-0.05, 0) is 6.92 Å². The zero-order valence-electron chi connectivity index (χ0n) is 11.4. The standard InChI is InChI=1S/C12H21N5O/c1-8-7-17(6-5-13-8)10(18)9-14-11(16-15-9)12(2,3)4/h8,13H,5-7H2,1-4H3,(H,14,15,16)/t8-/m0/s1. The highest BCUT2D eigenvalue weighted by Gasteiger charge is 2.26. The van der Waals surface area contributed by atoms with E-state index in [0.29, 0.717) is 19.1 Å². The highest BCUT2D eigenvalue weighted by atomic mass is 16.2. The monoisotopic (exact) mass is 251 g/mol. The largest absolute Gasteiger partial charge is 0.333 e. The predicted octanol–water partition coefficient (Wildman–Crippen LogP) is 0.536. The van der Waals surface area contributed by atoms with Crippen LogP contribution in [0.1, 0.15) is 44.1 Å². The first-order chi connectivity index (χ1) is 8.38. The molecule has 1 aromatic heterocycles. The highest BCUT2D eigenvalue weighted by molar-refractivity contribution is 5.90. The van der Waals surface area contributed by atoms with Crippen LogP contribution in [0.2, 0.25) is 0 Å². The van der Waals surface area contributed by atoms with E-state index in [1.807, 2.05) is 20.8 Å². The van der Waals surface area contributed by atoms with Crippen molar-refractivity contribution in [1.82, 2.24) is 25.4 Å². The van der Waals surface area contributed by atoms with E-state index in [1.54, 1.807) is 4.90 Å². The zero-order chi connectivity index (χ0) is 13.3. The van der Waals surface area contributed by atoms with Gasteiger partial charge >= 0.3 is 0 Å². The van der Waals surface area contributed by atoms with Crippen LogP contribution in [0.25, 0.3) is 0 Å². The fourth-order valence-corrected chi connectivity index (χ4v) is 1.95. The second-order valence-corrected chi connectivity index (χ2v) is 5.86. The van der Waals surface area contributed by atoms with Crippen LogP contribution in [-0.4, -0.2) is 51.7 Å². The van der Waals surface area contributed by atoms with Gasteiger partial charge in [-0.15, -0.1) is 5.10 Å². The van der Waals surface area contributed by atoms with E-state index in [2.05, 4.69) is 27.4 Å². The summed E-state index contributed by atoms with van der Waals surface area (Å²) in [6, 6.07) is 0.323. The zero-order valence-corrected chi connectivity index (χ0v) is 11.4. The molecule has 1 fully saturated rings. The van der Waals surface area contributed by atoms with Crippen LogP contribution in [0.5, 0.6) is 0 Å². The van der Waals surface area contributed by atoms with E-state index in [9.17, 15) is 4.79 Å². The van der Waals surface area contributed by atoms with Crippen molar-refractivity contribution < 1.29 is 4.79 Å². The SMILES string of the molecule is C[C@H]1CN(C(=O)c2n[nH]c(C(C)(C)C)n2)CCN1. The first-order valence-electron chi connectivity index (χ1n) is 6.33. The molecule has 0 radical (unpaired) electrons. The molecule has 1 atom stereocenters. The highest BCUT2D eigenvalue weighted by Crippen LogP contribution is 2.17. The van der Waals surface area contributed by atoms with Gasteiger partial charge in [-0.2, -0.15) is 0 Å². The molecule has 1 amide bonds. The first kappa shape index (κ1) is 13.0. The maximum atomic E-state index is 12.2. The molecule has 1 saturated heterocycles. The summed E-state index contributed by atoms with van der Waals surface area (Å²) in [4.78, 5) is 18.3. The van der Waals surface area contributed by atoms with Gasteiger partial charge < -0.3 is 10.2 Å². The van der Waals surface area contributed by atoms with Gasteiger partial charge in [0.25, 0.3) is 5.91 Å². The van der Waals surface area contributed by atoms with Gasteiger partial charge in [-0.25, -0.2) is 4.98 Å². The van der Waals surface area contributed by atoms with Crippen molar-refractivity contribution in [1.29, 1.82) is 0 Å². The number of amides is 1. The normalized spacial score (nSPS) is 21.1. The third-order valence-electron chi connectivity index (χ3n) is 3.04. The molecule has 0 aromatic carbocycles. The average Bonchev–Trinajstić information content (AvgIpc) is 2.77. The summed E-state index contributed by atoms with van der Waals surface area (Å²) in [5, 5.41) is 10.2. The fraction of sp³-hybridized carbons (Fsp3) is 0.750. The summed E-state index contributed by atoms with van der Waals surface area (Å²) in [6.45, 7) is 10.4. The molecule has 1 aliphatic heterocycles. The van der Waals surface area contributed by atoms with Crippen LogP contribution < -0.4 is 5.32 Å². The number of carbonyl (C=O) groups excluding carboxylic acids is 1. The number of aromatic amines is 1. The van der Waals surface area contributed by atoms with Gasteiger partial charge in [-0.3, -0.25) is 9.89 Å². The molecule has 1 aromatic rings. The third kappa shape index (κ3) is 2.69. The molecule has 0 saturated carbocycles. The van der Waals surface area contributed by atoms with Crippen molar-refractivity contribution >= 4 is 5.91 Å². The lowest BCUT2D eigenvalue weighted by Crippen LogP contribution is -2.51. The van der Waals surface area contributed by atoms with Crippen molar-refractivity contribution in [2.45, 2.75) is 39.2 Å². The Balaban J connectivity index is 2.11. The van der Waals surface area contributed by atoms with Gasteiger partial charge in [0.2, 0.25) is 5.82 Å². The topological polar surface area (TPSA) is 73.9 Å². The molecule has 0 unspecified atom stereocenters. The van der Waals surface area contributed by atoms with Crippen molar-refractivity contribution in [2.75, 3.05) is 19.6 Å². The van der Waals surface area contributed by atoms with Crippen LogP contribution in [-0.2, 0) is 5.41 Å². The molecule has 0 spiro atoms. The summed E-state index contributed by atoms with van der Waals surface area (Å²) < 4.78 is 0. The number of H-pyrrole nitrogens is 1. The van der Waals surface area contributed by atoms with Gasteiger partial charge in [0, 0.05) is 31.1 Å². The minimum Gasteiger partial charge on any atom is -0.333 e. The quantitative estimate of drug-likeness (QED) is 0.764. The predicted molar refractivity (Wildman–Crippen MR) is 68.5 cm³/mol. The lowest BCUT2D eigenvalue weighted by Gasteiger charge is -2.31. The van der Waals surface area contributed by atoms with Crippen LogP contribution in [0.15, 0.2) is 0 Å². The summed E-state index contributed by atoms with van der Waals surface area (Å²) in [5.74, 6) is 0.929. The Bertz CT molecular complexity index is 434. The number of aromatic nitrogens is 3. The molecule has 2 N–H and O–H groups in total. The Labute approximate surface area is 107 Å². The van der Waals surface area contributed by atoms with E-state index < -0.39 is 0 Å². The first-order valence-corrected chi connectivity index (χ1v) is 6.33. The fourth-order valence-electron chi connectivity index (χ4n) is 1.95. The third-order valence-corrected chi connectivity index (χ3v) is 3.04. The van der Waals surface area contributed by atoms with Crippen molar-refractivity contribution in [3.8, 4) is 0 Å². The summed E-state index contributed by atoms with van der Waals surface area (Å²) in [7, 11) is 0. The van der Waals surface area contributed by atoms with E-state index in [-0.39, 0.29) is 17.1 Å². The molecule has 2 rings (SSSR count). The molecule has 6 nitrogen and oxygen atoms in total. The Morgan fingerprint density at radius 1 is 1.44 bits per heavy atom. The molecular weight excluding hydrogens is 230 g/mol. The number of piperazine rings is 1. The number of rotatable bonds is 1. The number of hydrogen-bond donors (Lipinski definition) is 2. The van der Waals surface area contributed by atoms with E-state index in [4.69, 9.17) is 0 Å². The van der Waals surface area contributed by atoms with Crippen LogP contribution in [0.4, 0.5) is 0 Å². The number of nitrogens with zero attached hydrogens (tertiary/aromatic N) is 3. The summed E-state index contributed by atoms with van der Waals surface area (Å²) in [6.07, 6.45) is 0. The lowest BCUT2D eigenvalue weighted by atomic mass is 9.96. The summed E-state index contributed by atoms with van der Waals surface area (Å²) >= 11 is 0. The van der Waals surface area contributed by atoms with Gasteiger partial charge in [-0.1, -0.05) is 20.8 Å². The van der Waals surface area contributed by atoms with E-state index in [0.717, 1.165) is 12.4 Å². The second-order valence-electron chi connectivity index (χ2n) is 5.86. The number of nitrogens with one attached hydrogen (secondary N) is 2. The lowest BCUT2D eigenvalue weighted by molar-refractivity contribution is 0.0697. The van der Waals surface area contributed by atoms with Crippen molar-refractivity contribution in [2.24, 2.45) is 0 Å². The minimum absolute atomic E-state index is 0.0879. The molecule has 18 heavy (non-hydrogen) atoms. The molecule has 6 heteroatoms. The summed E-state index contributed by atoms with van der Waals surface area (Å²) in [5.41, 5.74) is -0.123. The molecule has 1 aliphatic rings. The second kappa shape index (κ2) is 4.68. The smallest absolute Gasteiger partial charge is 0.293 e. The maximum Gasteiger partial charge on any atom is 0.293 e. The Morgan fingerprint density at radius 3 is 2.72 bits per heavy atom. The van der Waals surface area contributed by atoms with Crippen LogP contribution in [0, 0.1) is 0 Å². The Morgan fingerprint density at radius 2 is 2.17 bits per heavy atom. The van der Waals surface area contributed by atoms with Gasteiger partial charge in [0.05, 0.1) is 0 Å². The van der Waals surface area contributed by atoms with Gasteiger partial charge in [0.1, 0.15) is 5.82 Å². The molecule has 2 heterocycles. The number of hydrogen-bond acceptors (Lipinski definition) is 4. The van der Waals surface area contributed by atoms with E-state index >= 15 is 0 Å². The minimum atomic E-state index is -0.123. The van der Waals surface area contributed by atoms with Crippen molar-refractivity contribution in [3.63, 3.8) is 0 Å². The van der Waals surface area contributed by atoms with Crippen molar-refractivity contribution in [3.05, 3.63) is 11.6 Å². The molecule has 100 valence electrons. The van der Waals surface area contributed by atoms with E-state index in [1.165, 1.54) is 0 Å². The average molecular weight is 251 g/mol. The Kier molecular flexibility index (Phi) is 3.38. The Hall–Kier alpha value is -1.43. The van der Waals surface area contributed by atoms with Crippen LogP contribution >= 0.6 is 0 Å². The molecule has 0 bridgehead atoms. The van der Waals surface area contributed by atoms with Crippen LogP contribution in [0.3, 0.4) is 0 Å².